The molecule has 0 aromatic heterocycles. The summed E-state index contributed by atoms with van der Waals surface area (Å²) in [5, 5.41) is 9.57. The molecule has 24 heavy (non-hydrogen) atoms. The molecule has 1 aliphatic rings. The first-order chi connectivity index (χ1) is 11.3. The van der Waals surface area contributed by atoms with E-state index in [1.165, 1.54) is 4.90 Å². The van der Waals surface area contributed by atoms with E-state index in [0.717, 1.165) is 17.8 Å². The maximum absolute atomic E-state index is 12.5. The Morgan fingerprint density at radius 3 is 2.46 bits per heavy atom. The summed E-state index contributed by atoms with van der Waals surface area (Å²) in [5.74, 6) is 0.335. The van der Waals surface area contributed by atoms with Crippen LogP contribution in [0.25, 0.3) is 6.08 Å². The van der Waals surface area contributed by atoms with Crippen LogP contribution >= 0.6 is 12.2 Å². The standard InChI is InChI=1S/C18H25N3O2S/c1-13(2)12-21-16(17(23)20(4)18(21)24)11-14-5-7-15(8-6-14)19(3)9-10-22/h5-8,11,13,22H,9-10,12H2,1-4H3/b16-11+. The first-order valence-electron chi connectivity index (χ1n) is 8.08. The van der Waals surface area contributed by atoms with Crippen LogP contribution in [-0.4, -0.2) is 59.7 Å². The average Bonchev–Trinajstić information content (AvgIpc) is 2.73. The molecule has 1 aromatic rings. The minimum Gasteiger partial charge on any atom is -0.395 e. The Morgan fingerprint density at radius 1 is 1.29 bits per heavy atom. The van der Waals surface area contributed by atoms with Crippen molar-refractivity contribution in [2.75, 3.05) is 38.7 Å². The van der Waals surface area contributed by atoms with E-state index in [4.69, 9.17) is 17.3 Å². The van der Waals surface area contributed by atoms with Crippen molar-refractivity contribution in [2.24, 2.45) is 5.92 Å². The van der Waals surface area contributed by atoms with E-state index >= 15 is 0 Å². The molecule has 0 atom stereocenters. The summed E-state index contributed by atoms with van der Waals surface area (Å²) in [5.41, 5.74) is 2.59. The van der Waals surface area contributed by atoms with Crippen molar-refractivity contribution in [3.05, 3.63) is 35.5 Å². The molecule has 0 saturated carbocycles. The van der Waals surface area contributed by atoms with E-state index in [1.807, 2.05) is 47.2 Å². The first kappa shape index (κ1) is 18.4. The van der Waals surface area contributed by atoms with Crippen LogP contribution in [0.2, 0.25) is 0 Å². The van der Waals surface area contributed by atoms with Crippen molar-refractivity contribution in [3.8, 4) is 0 Å². The molecule has 1 aliphatic heterocycles. The summed E-state index contributed by atoms with van der Waals surface area (Å²) < 4.78 is 0. The molecule has 0 bridgehead atoms. The Balaban J connectivity index is 2.27. The van der Waals surface area contributed by atoms with Gasteiger partial charge in [-0.1, -0.05) is 26.0 Å². The Bertz CT molecular complexity index is 640. The van der Waals surface area contributed by atoms with E-state index in [0.29, 0.717) is 23.3 Å². The van der Waals surface area contributed by atoms with Gasteiger partial charge in [0.25, 0.3) is 5.91 Å². The van der Waals surface area contributed by atoms with Crippen LogP contribution in [-0.2, 0) is 4.79 Å². The van der Waals surface area contributed by atoms with Gasteiger partial charge in [0, 0.05) is 32.9 Å². The highest BCUT2D eigenvalue weighted by atomic mass is 32.1. The predicted molar refractivity (Wildman–Crippen MR) is 102 cm³/mol. The Morgan fingerprint density at radius 2 is 1.92 bits per heavy atom. The van der Waals surface area contributed by atoms with Crippen LogP contribution in [0.5, 0.6) is 0 Å². The quantitative estimate of drug-likeness (QED) is 0.631. The topological polar surface area (TPSA) is 47.0 Å². The summed E-state index contributed by atoms with van der Waals surface area (Å²) in [4.78, 5) is 17.9. The van der Waals surface area contributed by atoms with Crippen molar-refractivity contribution in [1.82, 2.24) is 9.80 Å². The molecule has 0 radical (unpaired) electrons. The molecule has 1 amide bonds. The SMILES string of the molecule is CC(C)CN1C(=S)N(C)C(=O)/C1=C\c1ccc(N(C)CCO)cc1. The number of rotatable bonds is 6. The fraction of sp³-hybridized carbons (Fsp3) is 0.444. The lowest BCUT2D eigenvalue weighted by molar-refractivity contribution is -0.121. The molecule has 1 aromatic carbocycles. The molecule has 1 saturated heterocycles. The molecular weight excluding hydrogens is 322 g/mol. The lowest BCUT2D eigenvalue weighted by Gasteiger charge is -2.21. The number of amides is 1. The number of hydrogen-bond acceptors (Lipinski definition) is 4. The van der Waals surface area contributed by atoms with Gasteiger partial charge in [0.1, 0.15) is 5.70 Å². The zero-order chi connectivity index (χ0) is 17.9. The molecule has 1 heterocycles. The molecule has 6 heteroatoms. The van der Waals surface area contributed by atoms with Crippen LogP contribution in [0.3, 0.4) is 0 Å². The lowest BCUT2D eigenvalue weighted by atomic mass is 10.1. The second-order valence-electron chi connectivity index (χ2n) is 6.42. The van der Waals surface area contributed by atoms with Crippen molar-refractivity contribution in [3.63, 3.8) is 0 Å². The van der Waals surface area contributed by atoms with Crippen LogP contribution in [0.1, 0.15) is 19.4 Å². The Kier molecular flexibility index (Phi) is 5.96. The second kappa shape index (κ2) is 7.77. The largest absolute Gasteiger partial charge is 0.395 e. The fourth-order valence-corrected chi connectivity index (χ4v) is 2.86. The molecular formula is C18H25N3O2S. The van der Waals surface area contributed by atoms with Crippen LogP contribution in [0, 0.1) is 5.92 Å². The van der Waals surface area contributed by atoms with Crippen LogP contribution < -0.4 is 4.90 Å². The number of benzene rings is 1. The highest BCUT2D eigenvalue weighted by Gasteiger charge is 2.35. The number of aliphatic hydroxyl groups is 1. The minimum absolute atomic E-state index is 0.0675. The Labute approximate surface area is 149 Å². The monoisotopic (exact) mass is 347 g/mol. The average molecular weight is 347 g/mol. The minimum atomic E-state index is -0.0675. The molecule has 5 nitrogen and oxygen atoms in total. The third-order valence-electron chi connectivity index (χ3n) is 3.95. The van der Waals surface area contributed by atoms with Crippen molar-refractivity contribution in [1.29, 1.82) is 0 Å². The van der Waals surface area contributed by atoms with Gasteiger partial charge in [-0.15, -0.1) is 0 Å². The zero-order valence-electron chi connectivity index (χ0n) is 14.7. The molecule has 0 spiro atoms. The highest BCUT2D eigenvalue weighted by Crippen LogP contribution is 2.24. The van der Waals surface area contributed by atoms with E-state index < -0.39 is 0 Å². The third-order valence-corrected chi connectivity index (χ3v) is 4.45. The number of hydrogen-bond donors (Lipinski definition) is 1. The predicted octanol–water partition coefficient (Wildman–Crippen LogP) is 2.17. The molecule has 1 N–H and O–H groups in total. The number of aliphatic hydroxyl groups excluding tert-OH is 1. The van der Waals surface area contributed by atoms with Gasteiger partial charge in [-0.3, -0.25) is 9.69 Å². The van der Waals surface area contributed by atoms with E-state index in [-0.39, 0.29) is 12.5 Å². The summed E-state index contributed by atoms with van der Waals surface area (Å²) in [6.45, 7) is 5.63. The summed E-state index contributed by atoms with van der Waals surface area (Å²) in [6, 6.07) is 7.91. The lowest BCUT2D eigenvalue weighted by Crippen LogP contribution is -2.31. The van der Waals surface area contributed by atoms with E-state index in [1.54, 1.807) is 7.05 Å². The number of carbonyl (C=O) groups excluding carboxylic acids is 1. The van der Waals surface area contributed by atoms with Gasteiger partial charge in [0.2, 0.25) is 0 Å². The van der Waals surface area contributed by atoms with E-state index in [9.17, 15) is 4.79 Å². The number of nitrogens with zero attached hydrogens (tertiary/aromatic N) is 3. The third kappa shape index (κ3) is 3.94. The van der Waals surface area contributed by atoms with Gasteiger partial charge in [-0.05, 0) is 41.9 Å². The van der Waals surface area contributed by atoms with Gasteiger partial charge >= 0.3 is 0 Å². The van der Waals surface area contributed by atoms with Gasteiger partial charge in [0.05, 0.1) is 6.61 Å². The molecule has 0 unspecified atom stereocenters. The summed E-state index contributed by atoms with van der Waals surface area (Å²) in [6.07, 6.45) is 1.89. The summed E-state index contributed by atoms with van der Waals surface area (Å²) >= 11 is 5.40. The van der Waals surface area contributed by atoms with Crippen LogP contribution in [0.4, 0.5) is 5.69 Å². The number of thiocarbonyl (C=S) groups is 1. The molecule has 2 rings (SSSR count). The van der Waals surface area contributed by atoms with Crippen LogP contribution in [0.15, 0.2) is 30.0 Å². The number of anilines is 1. The maximum atomic E-state index is 12.5. The number of carbonyl (C=O) groups is 1. The molecule has 0 aliphatic carbocycles. The number of likely N-dealkylation sites (N-methyl/N-ethyl adjacent to an activating group) is 2. The van der Waals surface area contributed by atoms with E-state index in [2.05, 4.69) is 13.8 Å². The highest BCUT2D eigenvalue weighted by molar-refractivity contribution is 7.80. The van der Waals surface area contributed by atoms with Gasteiger partial charge < -0.3 is 14.9 Å². The van der Waals surface area contributed by atoms with Gasteiger partial charge in [-0.2, -0.15) is 0 Å². The first-order valence-corrected chi connectivity index (χ1v) is 8.49. The van der Waals surface area contributed by atoms with Gasteiger partial charge in [-0.25, -0.2) is 0 Å². The fourth-order valence-electron chi connectivity index (χ4n) is 2.60. The zero-order valence-corrected chi connectivity index (χ0v) is 15.5. The Hall–Kier alpha value is -1.92. The van der Waals surface area contributed by atoms with Crippen molar-refractivity contribution in [2.45, 2.75) is 13.8 Å². The molecule has 130 valence electrons. The second-order valence-corrected chi connectivity index (χ2v) is 6.78. The summed E-state index contributed by atoms with van der Waals surface area (Å²) in [7, 11) is 3.65. The van der Waals surface area contributed by atoms with Crippen molar-refractivity contribution >= 4 is 35.0 Å². The maximum Gasteiger partial charge on any atom is 0.276 e. The van der Waals surface area contributed by atoms with Gasteiger partial charge in [0.15, 0.2) is 5.11 Å². The smallest absolute Gasteiger partial charge is 0.276 e. The normalized spacial score (nSPS) is 16.7. The molecule has 1 fully saturated rings. The van der Waals surface area contributed by atoms with Crippen molar-refractivity contribution < 1.29 is 9.90 Å².